The standard InChI is InChI=1S/C27H33ClN6O3/c1-18-16-19(12-13-29-18)26(36)31-27-30-21-10-11-22(37-4)24(28)25(21)34(27)20-8-5-6-15-33(17-20)23(35)9-7-14-32(2)3/h7,9-13,16,20H,5-6,8,14-15,17H2,1-4H3,(H,30,31,36)/b9-7+/t20-/m1/s1. The van der Waals surface area contributed by atoms with Gasteiger partial charge in [0.2, 0.25) is 11.9 Å². The molecule has 1 N–H and O–H groups in total. The Morgan fingerprint density at radius 3 is 2.81 bits per heavy atom. The van der Waals surface area contributed by atoms with Crippen molar-refractivity contribution in [3.8, 4) is 5.75 Å². The van der Waals surface area contributed by atoms with E-state index in [4.69, 9.17) is 21.3 Å². The van der Waals surface area contributed by atoms with Gasteiger partial charge in [-0.15, -0.1) is 0 Å². The van der Waals surface area contributed by atoms with E-state index in [0.29, 0.717) is 53.0 Å². The zero-order chi connectivity index (χ0) is 26.5. The highest BCUT2D eigenvalue weighted by molar-refractivity contribution is 6.36. The van der Waals surface area contributed by atoms with E-state index in [1.165, 1.54) is 0 Å². The van der Waals surface area contributed by atoms with E-state index < -0.39 is 0 Å². The number of amides is 2. The number of likely N-dealkylation sites (tertiary alicyclic amines) is 1. The number of hydrogen-bond acceptors (Lipinski definition) is 6. The first-order valence-corrected chi connectivity index (χ1v) is 12.7. The molecule has 0 aliphatic carbocycles. The summed E-state index contributed by atoms with van der Waals surface area (Å²) in [5.74, 6) is 0.580. The van der Waals surface area contributed by atoms with Gasteiger partial charge in [0.05, 0.1) is 24.2 Å². The first-order chi connectivity index (χ1) is 17.8. The van der Waals surface area contributed by atoms with Crippen molar-refractivity contribution < 1.29 is 14.3 Å². The van der Waals surface area contributed by atoms with Crippen molar-refractivity contribution in [1.29, 1.82) is 0 Å². The Kier molecular flexibility index (Phi) is 8.45. The minimum atomic E-state index is -0.293. The average Bonchev–Trinajstić information content (AvgIpc) is 3.05. The molecule has 1 aliphatic heterocycles. The Morgan fingerprint density at radius 2 is 2.08 bits per heavy atom. The first-order valence-electron chi connectivity index (χ1n) is 12.4. The molecule has 0 radical (unpaired) electrons. The molecule has 196 valence electrons. The highest BCUT2D eigenvalue weighted by Crippen LogP contribution is 2.38. The number of ether oxygens (including phenoxy) is 1. The average molecular weight is 525 g/mol. The molecule has 1 atom stereocenters. The number of methoxy groups -OCH3 is 1. The number of aromatic nitrogens is 3. The molecule has 9 nitrogen and oxygen atoms in total. The largest absolute Gasteiger partial charge is 0.495 e. The number of anilines is 1. The number of carbonyl (C=O) groups is 2. The lowest BCUT2D eigenvalue weighted by molar-refractivity contribution is -0.126. The molecule has 10 heteroatoms. The van der Waals surface area contributed by atoms with Crippen molar-refractivity contribution in [3.05, 3.63) is 58.9 Å². The summed E-state index contributed by atoms with van der Waals surface area (Å²) in [6.07, 6.45) is 7.74. The number of nitrogens with zero attached hydrogens (tertiary/aromatic N) is 5. The van der Waals surface area contributed by atoms with Gasteiger partial charge >= 0.3 is 0 Å². The van der Waals surface area contributed by atoms with Crippen LogP contribution in [0.1, 0.15) is 41.4 Å². The summed E-state index contributed by atoms with van der Waals surface area (Å²) >= 11 is 6.79. The second-order valence-corrected chi connectivity index (χ2v) is 9.87. The van der Waals surface area contributed by atoms with E-state index in [1.54, 1.807) is 37.6 Å². The molecule has 1 aromatic carbocycles. The number of hydrogen-bond donors (Lipinski definition) is 1. The van der Waals surface area contributed by atoms with Crippen LogP contribution in [0.25, 0.3) is 11.0 Å². The number of likely N-dealkylation sites (N-methyl/N-ethyl adjacent to an activating group) is 1. The third-order valence-corrected chi connectivity index (χ3v) is 6.78. The van der Waals surface area contributed by atoms with Crippen LogP contribution in [0.2, 0.25) is 5.02 Å². The van der Waals surface area contributed by atoms with Crippen LogP contribution in [-0.2, 0) is 4.79 Å². The number of aryl methyl sites for hydroxylation is 1. The van der Waals surface area contributed by atoms with Crippen molar-refractivity contribution >= 4 is 40.4 Å². The number of fused-ring (bicyclic) bond motifs is 1. The number of nitrogens with one attached hydrogen (secondary N) is 1. The van der Waals surface area contributed by atoms with Gasteiger partial charge in [0.1, 0.15) is 10.8 Å². The molecule has 1 aliphatic rings. The predicted octanol–water partition coefficient (Wildman–Crippen LogP) is 4.33. The second kappa shape index (κ2) is 11.7. The van der Waals surface area contributed by atoms with Gasteiger partial charge in [0.25, 0.3) is 5.91 Å². The molecular formula is C27H33ClN6O3. The fourth-order valence-electron chi connectivity index (χ4n) is 4.59. The number of imidazole rings is 1. The van der Waals surface area contributed by atoms with Crippen LogP contribution in [0.3, 0.4) is 0 Å². The monoisotopic (exact) mass is 524 g/mol. The maximum Gasteiger partial charge on any atom is 0.258 e. The normalized spacial score (nSPS) is 16.4. The molecule has 3 heterocycles. The first kappa shape index (κ1) is 26.6. The summed E-state index contributed by atoms with van der Waals surface area (Å²) < 4.78 is 7.43. The van der Waals surface area contributed by atoms with E-state index >= 15 is 0 Å². The van der Waals surface area contributed by atoms with Crippen LogP contribution >= 0.6 is 11.6 Å². The van der Waals surface area contributed by atoms with E-state index in [0.717, 1.165) is 25.0 Å². The van der Waals surface area contributed by atoms with Crippen LogP contribution < -0.4 is 10.1 Å². The molecule has 0 spiro atoms. The Balaban J connectivity index is 1.73. The summed E-state index contributed by atoms with van der Waals surface area (Å²) in [4.78, 5) is 39.0. The quantitative estimate of drug-likeness (QED) is 0.463. The molecule has 0 unspecified atom stereocenters. The van der Waals surface area contributed by atoms with E-state index in [9.17, 15) is 9.59 Å². The van der Waals surface area contributed by atoms with Gasteiger partial charge < -0.3 is 19.1 Å². The maximum absolute atomic E-state index is 13.2. The van der Waals surface area contributed by atoms with E-state index in [2.05, 4.69) is 10.3 Å². The van der Waals surface area contributed by atoms with Crippen LogP contribution in [0.15, 0.2) is 42.6 Å². The van der Waals surface area contributed by atoms with Gasteiger partial charge in [0, 0.05) is 43.2 Å². The Bertz CT molecular complexity index is 1320. The number of carbonyl (C=O) groups excluding carboxylic acids is 2. The van der Waals surface area contributed by atoms with Crippen molar-refractivity contribution in [2.75, 3.05) is 46.2 Å². The fraction of sp³-hybridized carbons (Fsp3) is 0.407. The zero-order valence-corrected chi connectivity index (χ0v) is 22.5. The summed E-state index contributed by atoms with van der Waals surface area (Å²) in [5.41, 5.74) is 2.54. The van der Waals surface area contributed by atoms with Crippen LogP contribution in [0.4, 0.5) is 5.95 Å². The van der Waals surface area contributed by atoms with E-state index in [-0.39, 0.29) is 17.9 Å². The van der Waals surface area contributed by atoms with Gasteiger partial charge in [-0.2, -0.15) is 0 Å². The number of benzene rings is 1. The molecule has 3 aromatic rings. The lowest BCUT2D eigenvalue weighted by Crippen LogP contribution is -2.34. The predicted molar refractivity (Wildman–Crippen MR) is 145 cm³/mol. The molecule has 1 fully saturated rings. The topological polar surface area (TPSA) is 92.6 Å². The van der Waals surface area contributed by atoms with Crippen LogP contribution in [0, 0.1) is 6.92 Å². The van der Waals surface area contributed by atoms with Crippen LogP contribution in [0.5, 0.6) is 5.75 Å². The second-order valence-electron chi connectivity index (χ2n) is 9.49. The highest BCUT2D eigenvalue weighted by Gasteiger charge is 2.28. The van der Waals surface area contributed by atoms with Gasteiger partial charge in [-0.1, -0.05) is 17.7 Å². The third kappa shape index (κ3) is 6.11. The maximum atomic E-state index is 13.2. The number of rotatable bonds is 7. The summed E-state index contributed by atoms with van der Waals surface area (Å²) in [5, 5.41) is 3.40. The minimum absolute atomic E-state index is 0.0281. The summed E-state index contributed by atoms with van der Waals surface area (Å²) in [6, 6.07) is 6.84. The lowest BCUT2D eigenvalue weighted by Gasteiger charge is -2.26. The molecule has 4 rings (SSSR count). The molecule has 2 amide bonds. The molecule has 0 saturated carbocycles. The highest BCUT2D eigenvalue weighted by atomic mass is 35.5. The van der Waals surface area contributed by atoms with Gasteiger partial charge in [-0.3, -0.25) is 19.9 Å². The number of pyridine rings is 1. The molecular weight excluding hydrogens is 492 g/mol. The lowest BCUT2D eigenvalue weighted by atomic mass is 10.1. The minimum Gasteiger partial charge on any atom is -0.495 e. The Labute approximate surface area is 222 Å². The Hall–Kier alpha value is -3.43. The SMILES string of the molecule is COc1ccc2nc(NC(=O)c3ccnc(C)c3)n([C@@H]3CCCCN(C(=O)/C=C/CN(C)C)C3)c2c1Cl. The smallest absolute Gasteiger partial charge is 0.258 e. The van der Waals surface area contributed by atoms with Gasteiger partial charge in [0.15, 0.2) is 0 Å². The molecule has 0 bridgehead atoms. The Morgan fingerprint density at radius 1 is 1.27 bits per heavy atom. The van der Waals surface area contributed by atoms with Gasteiger partial charge in [-0.05, 0) is 64.5 Å². The molecule has 37 heavy (non-hydrogen) atoms. The van der Waals surface area contributed by atoms with Crippen molar-refractivity contribution in [2.45, 2.75) is 32.2 Å². The summed E-state index contributed by atoms with van der Waals surface area (Å²) in [7, 11) is 5.48. The fourth-order valence-corrected chi connectivity index (χ4v) is 4.92. The van der Waals surface area contributed by atoms with Gasteiger partial charge in [-0.25, -0.2) is 4.98 Å². The third-order valence-electron chi connectivity index (χ3n) is 6.41. The molecule has 1 saturated heterocycles. The zero-order valence-electron chi connectivity index (χ0n) is 21.7. The summed E-state index contributed by atoms with van der Waals surface area (Å²) in [6.45, 7) is 3.67. The molecule has 2 aromatic heterocycles. The number of halogens is 1. The van der Waals surface area contributed by atoms with Crippen LogP contribution in [-0.4, -0.2) is 77.0 Å². The van der Waals surface area contributed by atoms with Crippen molar-refractivity contribution in [1.82, 2.24) is 24.3 Å². The van der Waals surface area contributed by atoms with Crippen molar-refractivity contribution in [3.63, 3.8) is 0 Å². The van der Waals surface area contributed by atoms with E-state index in [1.807, 2.05) is 47.5 Å². The van der Waals surface area contributed by atoms with Crippen molar-refractivity contribution in [2.24, 2.45) is 0 Å².